The quantitative estimate of drug-likeness (QED) is 0.218. The number of allylic oxidation sites excluding steroid dienone is 4. The van der Waals surface area contributed by atoms with Gasteiger partial charge in [0.05, 0.1) is 0 Å². The molecule has 0 spiro atoms. The standard InChI is InChI=1S/C22H22F3IO5S2/c1-15-9-11-19(12-10-15)32(27,28)21-14-17(3)16(2)13-20(21)26(18-7-5-4-6-8-18)31-33(29,30)22(23,24)25/h4-12H,13-14H2,1-3H3. The SMILES string of the molecule is CC1=C(C)CC(S(=O)(=O)c2ccc(C)cc2)=C(I(OS(=O)(=O)C(F)(F)F)c2ccccc2)C1. The molecule has 0 atom stereocenters. The van der Waals surface area contributed by atoms with Crippen LogP contribution in [0.15, 0.2) is 79.1 Å². The van der Waals surface area contributed by atoms with E-state index < -0.39 is 45.7 Å². The van der Waals surface area contributed by atoms with E-state index in [9.17, 15) is 30.0 Å². The van der Waals surface area contributed by atoms with Gasteiger partial charge >= 0.3 is 200 Å². The number of benzene rings is 2. The number of hydrogen-bond acceptors (Lipinski definition) is 5. The molecule has 0 bridgehead atoms. The van der Waals surface area contributed by atoms with Crippen LogP contribution in [0.1, 0.15) is 32.3 Å². The van der Waals surface area contributed by atoms with E-state index in [1.807, 2.05) is 0 Å². The molecule has 0 amide bonds. The summed E-state index contributed by atoms with van der Waals surface area (Å²) < 4.78 is 96.0. The summed E-state index contributed by atoms with van der Waals surface area (Å²) in [5.74, 6) is 0. The Balaban J connectivity index is 2.26. The fourth-order valence-electron chi connectivity index (χ4n) is 3.08. The number of sulfone groups is 1. The first-order chi connectivity index (χ1) is 15.2. The van der Waals surface area contributed by atoms with Gasteiger partial charge < -0.3 is 0 Å². The topological polar surface area (TPSA) is 77.5 Å². The first-order valence-corrected chi connectivity index (χ1v) is 15.6. The van der Waals surface area contributed by atoms with Crippen molar-refractivity contribution in [3.05, 3.63) is 83.4 Å². The van der Waals surface area contributed by atoms with Crippen LogP contribution in [0.25, 0.3) is 0 Å². The first kappa shape index (κ1) is 25.9. The molecule has 2 aromatic carbocycles. The number of alkyl halides is 3. The Morgan fingerprint density at radius 2 is 1.36 bits per heavy atom. The van der Waals surface area contributed by atoms with E-state index in [2.05, 4.69) is 0 Å². The molecule has 0 radical (unpaired) electrons. The van der Waals surface area contributed by atoms with Gasteiger partial charge in [0.1, 0.15) is 0 Å². The number of rotatable bonds is 6. The summed E-state index contributed by atoms with van der Waals surface area (Å²) in [4.78, 5) is -0.0867. The summed E-state index contributed by atoms with van der Waals surface area (Å²) in [5.41, 5.74) is -3.23. The van der Waals surface area contributed by atoms with Crippen molar-refractivity contribution in [2.75, 3.05) is 0 Å². The van der Waals surface area contributed by atoms with Gasteiger partial charge in [-0.2, -0.15) is 0 Å². The van der Waals surface area contributed by atoms with Crippen molar-refractivity contribution in [3.8, 4) is 0 Å². The Hall–Kier alpha value is -1.70. The molecule has 5 nitrogen and oxygen atoms in total. The van der Waals surface area contributed by atoms with Crippen LogP contribution in [-0.2, 0) is 22.5 Å². The van der Waals surface area contributed by atoms with Gasteiger partial charge in [-0.3, -0.25) is 0 Å². The third-order valence-electron chi connectivity index (χ3n) is 5.10. The van der Waals surface area contributed by atoms with Gasteiger partial charge in [-0.15, -0.1) is 0 Å². The van der Waals surface area contributed by atoms with E-state index in [4.69, 9.17) is 2.51 Å². The summed E-state index contributed by atoms with van der Waals surface area (Å²) in [5, 5.41) is 0. The van der Waals surface area contributed by atoms with E-state index in [0.29, 0.717) is 0 Å². The molecule has 0 saturated carbocycles. The van der Waals surface area contributed by atoms with E-state index >= 15 is 0 Å². The molecule has 0 aromatic heterocycles. The van der Waals surface area contributed by atoms with Crippen molar-refractivity contribution in [1.82, 2.24) is 0 Å². The molecule has 0 aliphatic heterocycles. The van der Waals surface area contributed by atoms with Crippen molar-refractivity contribution >= 4 is 40.2 Å². The molecule has 11 heteroatoms. The summed E-state index contributed by atoms with van der Waals surface area (Å²) in [6, 6.07) is 13.8. The van der Waals surface area contributed by atoms with Gasteiger partial charge in [0, 0.05) is 0 Å². The van der Waals surface area contributed by atoms with E-state index in [1.165, 1.54) is 24.3 Å². The maximum absolute atomic E-state index is 13.6. The normalized spacial score (nSPS) is 16.2. The molecular formula is C22H22F3IO5S2. The van der Waals surface area contributed by atoms with E-state index in [1.54, 1.807) is 51.1 Å². The minimum atomic E-state index is -5.94. The van der Waals surface area contributed by atoms with Crippen LogP contribution in [0.5, 0.6) is 0 Å². The van der Waals surface area contributed by atoms with Gasteiger partial charge in [-0.05, 0) is 0 Å². The molecule has 33 heavy (non-hydrogen) atoms. The molecule has 0 N–H and O–H groups in total. The van der Waals surface area contributed by atoms with Crippen molar-refractivity contribution < 1.29 is 32.5 Å². The second kappa shape index (κ2) is 9.51. The van der Waals surface area contributed by atoms with Gasteiger partial charge in [0.25, 0.3) is 0 Å². The van der Waals surface area contributed by atoms with Crippen LogP contribution < -0.4 is 0 Å². The average molecular weight is 614 g/mol. The van der Waals surface area contributed by atoms with Crippen LogP contribution in [0.3, 0.4) is 0 Å². The van der Waals surface area contributed by atoms with Gasteiger partial charge in [-0.1, -0.05) is 0 Å². The van der Waals surface area contributed by atoms with Crippen molar-refractivity contribution in [1.29, 1.82) is 0 Å². The zero-order chi connectivity index (χ0) is 24.6. The zero-order valence-corrected chi connectivity index (χ0v) is 21.8. The van der Waals surface area contributed by atoms with Crippen LogP contribution in [-0.4, -0.2) is 22.3 Å². The van der Waals surface area contributed by atoms with E-state index in [0.717, 1.165) is 16.7 Å². The second-order valence-electron chi connectivity index (χ2n) is 7.57. The summed E-state index contributed by atoms with van der Waals surface area (Å²) in [6.45, 7) is 5.31. The third-order valence-corrected chi connectivity index (χ3v) is 14.8. The van der Waals surface area contributed by atoms with Crippen LogP contribution in [0, 0.1) is 10.5 Å². The molecule has 3 rings (SSSR count). The van der Waals surface area contributed by atoms with Crippen molar-refractivity contribution in [3.63, 3.8) is 0 Å². The third kappa shape index (κ3) is 5.52. The van der Waals surface area contributed by atoms with Gasteiger partial charge in [0.2, 0.25) is 0 Å². The fourth-order valence-corrected chi connectivity index (χ4v) is 13.1. The Kier molecular flexibility index (Phi) is 7.47. The average Bonchev–Trinajstić information content (AvgIpc) is 2.74. The van der Waals surface area contributed by atoms with Crippen LogP contribution in [0.4, 0.5) is 13.2 Å². The summed E-state index contributed by atoms with van der Waals surface area (Å²) >= 11 is -3.83. The molecular weight excluding hydrogens is 592 g/mol. The fraction of sp³-hybridized carbons (Fsp3) is 0.273. The predicted octanol–water partition coefficient (Wildman–Crippen LogP) is 6.27. The van der Waals surface area contributed by atoms with Crippen molar-refractivity contribution in [2.45, 2.75) is 44.0 Å². The second-order valence-corrected chi connectivity index (χ2v) is 16.1. The van der Waals surface area contributed by atoms with Crippen LogP contribution >= 0.6 is 20.2 Å². The number of halogens is 4. The Labute approximate surface area is 199 Å². The zero-order valence-electron chi connectivity index (χ0n) is 18.0. The number of aryl methyl sites for hydroxylation is 1. The first-order valence-electron chi connectivity index (χ1n) is 9.69. The van der Waals surface area contributed by atoms with Crippen molar-refractivity contribution in [2.24, 2.45) is 0 Å². The van der Waals surface area contributed by atoms with Gasteiger partial charge in [0.15, 0.2) is 0 Å². The molecule has 180 valence electrons. The molecule has 1 aliphatic rings. The summed E-state index contributed by atoms with van der Waals surface area (Å²) in [7, 11) is -10.0. The molecule has 0 saturated heterocycles. The summed E-state index contributed by atoms with van der Waals surface area (Å²) in [6.07, 6.45) is 0.00694. The Bertz CT molecular complexity index is 1310. The van der Waals surface area contributed by atoms with E-state index in [-0.39, 0.29) is 29.8 Å². The molecule has 1 aliphatic carbocycles. The van der Waals surface area contributed by atoms with Gasteiger partial charge in [-0.25, -0.2) is 0 Å². The molecule has 2 aromatic rings. The predicted molar refractivity (Wildman–Crippen MR) is 128 cm³/mol. The minimum absolute atomic E-state index is 0.00415. The molecule has 0 heterocycles. The Morgan fingerprint density at radius 3 is 1.91 bits per heavy atom. The molecule has 0 fully saturated rings. The number of hydrogen-bond donors (Lipinski definition) is 0. The van der Waals surface area contributed by atoms with Crippen LogP contribution in [0.2, 0.25) is 0 Å². The molecule has 0 unspecified atom stereocenters. The monoisotopic (exact) mass is 614 g/mol. The maximum atomic E-state index is 13.6. The Morgan fingerprint density at radius 1 is 0.818 bits per heavy atom.